The number of hydrogen-bond donors (Lipinski definition) is 1. The highest BCUT2D eigenvalue weighted by atomic mass is 19.1. The third kappa shape index (κ3) is 2.02. The van der Waals surface area contributed by atoms with Gasteiger partial charge in [-0.05, 0) is 43.7 Å². The largest absolute Gasteiger partial charge is 0.490 e. The standard InChI is InChI=1S/C15H18F2O2/c1-8(18)9-3-2-4-10-11(9)7-19-15-13(17)6-5-12(16)14(10)15/h5-6,8-11,18H,2-4,7H2,1H3/t8-,9-,10?,11-/m0/s1. The molecule has 1 saturated carbocycles. The maximum atomic E-state index is 14.0. The molecule has 0 aromatic heterocycles. The lowest BCUT2D eigenvalue weighted by Crippen LogP contribution is -2.40. The van der Waals surface area contributed by atoms with Gasteiger partial charge < -0.3 is 9.84 Å². The molecule has 1 aromatic rings. The molecule has 0 bridgehead atoms. The van der Waals surface area contributed by atoms with Crippen LogP contribution in [0.3, 0.4) is 0 Å². The molecular weight excluding hydrogens is 250 g/mol. The monoisotopic (exact) mass is 268 g/mol. The Kier molecular flexibility index (Phi) is 3.21. The van der Waals surface area contributed by atoms with Crippen LogP contribution in [0.25, 0.3) is 0 Å². The molecule has 1 aliphatic carbocycles. The Morgan fingerprint density at radius 3 is 2.74 bits per heavy atom. The summed E-state index contributed by atoms with van der Waals surface area (Å²) in [6, 6.07) is 2.29. The van der Waals surface area contributed by atoms with E-state index >= 15 is 0 Å². The summed E-state index contributed by atoms with van der Waals surface area (Å²) < 4.78 is 33.2. The molecule has 4 heteroatoms. The summed E-state index contributed by atoms with van der Waals surface area (Å²) in [7, 11) is 0. The molecule has 1 unspecified atom stereocenters. The number of halogens is 2. The molecule has 3 rings (SSSR count). The second-order valence-electron chi connectivity index (χ2n) is 5.69. The smallest absolute Gasteiger partial charge is 0.165 e. The van der Waals surface area contributed by atoms with Crippen LogP contribution < -0.4 is 4.74 Å². The van der Waals surface area contributed by atoms with Crippen LogP contribution in [0.1, 0.15) is 37.7 Å². The normalized spacial score (nSPS) is 31.1. The molecule has 1 heterocycles. The van der Waals surface area contributed by atoms with Crippen LogP contribution >= 0.6 is 0 Å². The van der Waals surface area contributed by atoms with Gasteiger partial charge in [0.2, 0.25) is 0 Å². The molecule has 19 heavy (non-hydrogen) atoms. The molecule has 0 saturated heterocycles. The number of fused-ring (bicyclic) bond motifs is 3. The Bertz CT molecular complexity index is 487. The van der Waals surface area contributed by atoms with Crippen molar-refractivity contribution in [2.75, 3.05) is 6.61 Å². The maximum absolute atomic E-state index is 14.0. The van der Waals surface area contributed by atoms with Crippen LogP contribution in [0, 0.1) is 23.5 Å². The highest BCUT2D eigenvalue weighted by molar-refractivity contribution is 5.41. The maximum Gasteiger partial charge on any atom is 0.165 e. The average molecular weight is 268 g/mol. The minimum Gasteiger partial charge on any atom is -0.490 e. The van der Waals surface area contributed by atoms with Gasteiger partial charge in [0, 0.05) is 11.5 Å². The fourth-order valence-corrected chi connectivity index (χ4v) is 3.72. The molecule has 2 nitrogen and oxygen atoms in total. The Hall–Kier alpha value is -1.16. The van der Waals surface area contributed by atoms with Crippen molar-refractivity contribution in [2.45, 2.75) is 38.2 Å². The van der Waals surface area contributed by atoms with E-state index in [1.54, 1.807) is 6.92 Å². The Balaban J connectivity index is 2.03. The number of rotatable bonds is 1. The van der Waals surface area contributed by atoms with Crippen molar-refractivity contribution in [2.24, 2.45) is 11.8 Å². The summed E-state index contributed by atoms with van der Waals surface area (Å²) in [6.45, 7) is 2.14. The molecule has 1 N–H and O–H groups in total. The summed E-state index contributed by atoms with van der Waals surface area (Å²) in [5, 5.41) is 9.86. The first-order valence-corrected chi connectivity index (χ1v) is 6.88. The number of hydrogen-bond acceptors (Lipinski definition) is 2. The molecule has 0 amide bonds. The van der Waals surface area contributed by atoms with Crippen molar-refractivity contribution < 1.29 is 18.6 Å². The van der Waals surface area contributed by atoms with Crippen LogP contribution in [-0.2, 0) is 0 Å². The first-order chi connectivity index (χ1) is 9.09. The Morgan fingerprint density at radius 2 is 2.00 bits per heavy atom. The zero-order valence-electron chi connectivity index (χ0n) is 10.9. The summed E-state index contributed by atoms with van der Waals surface area (Å²) in [5.41, 5.74) is 0.376. The molecule has 4 atom stereocenters. The van der Waals surface area contributed by atoms with Gasteiger partial charge in [-0.1, -0.05) is 6.42 Å². The van der Waals surface area contributed by atoms with E-state index in [1.807, 2.05) is 0 Å². The number of ether oxygens (including phenoxy) is 1. The predicted molar refractivity (Wildman–Crippen MR) is 67.1 cm³/mol. The zero-order valence-corrected chi connectivity index (χ0v) is 10.9. The van der Waals surface area contributed by atoms with Crippen LogP contribution in [0.4, 0.5) is 8.78 Å². The van der Waals surface area contributed by atoms with Gasteiger partial charge in [0.25, 0.3) is 0 Å². The second kappa shape index (κ2) is 4.75. The van der Waals surface area contributed by atoms with Gasteiger partial charge in [0.05, 0.1) is 12.7 Å². The van der Waals surface area contributed by atoms with Gasteiger partial charge in [-0.15, -0.1) is 0 Å². The summed E-state index contributed by atoms with van der Waals surface area (Å²) in [5.74, 6) is -0.654. The van der Waals surface area contributed by atoms with E-state index in [0.29, 0.717) is 12.2 Å². The fraction of sp³-hybridized carbons (Fsp3) is 0.600. The number of aliphatic hydroxyl groups excluding tert-OH is 1. The van der Waals surface area contributed by atoms with E-state index in [-0.39, 0.29) is 23.5 Å². The van der Waals surface area contributed by atoms with E-state index in [0.717, 1.165) is 25.3 Å². The third-order valence-corrected chi connectivity index (χ3v) is 4.62. The van der Waals surface area contributed by atoms with Crippen LogP contribution in [0.15, 0.2) is 12.1 Å². The second-order valence-corrected chi connectivity index (χ2v) is 5.69. The quantitative estimate of drug-likeness (QED) is 0.847. The van der Waals surface area contributed by atoms with Crippen LogP contribution in [0.5, 0.6) is 5.75 Å². The van der Waals surface area contributed by atoms with Crippen molar-refractivity contribution in [3.63, 3.8) is 0 Å². The highest BCUT2D eigenvalue weighted by Crippen LogP contribution is 2.49. The summed E-state index contributed by atoms with van der Waals surface area (Å²) in [6.07, 6.45) is 2.26. The van der Waals surface area contributed by atoms with Gasteiger partial charge >= 0.3 is 0 Å². The van der Waals surface area contributed by atoms with Crippen molar-refractivity contribution in [3.8, 4) is 5.75 Å². The molecular formula is C15H18F2O2. The first kappa shape index (κ1) is 12.9. The van der Waals surface area contributed by atoms with Crippen molar-refractivity contribution in [1.82, 2.24) is 0 Å². The third-order valence-electron chi connectivity index (χ3n) is 4.62. The molecule has 1 fully saturated rings. The topological polar surface area (TPSA) is 29.5 Å². The first-order valence-electron chi connectivity index (χ1n) is 6.88. The molecule has 1 aromatic carbocycles. The Morgan fingerprint density at radius 1 is 1.26 bits per heavy atom. The van der Waals surface area contributed by atoms with Crippen LogP contribution in [-0.4, -0.2) is 17.8 Å². The average Bonchev–Trinajstić information content (AvgIpc) is 2.41. The zero-order chi connectivity index (χ0) is 13.6. The number of benzene rings is 1. The molecule has 2 aliphatic rings. The van der Waals surface area contributed by atoms with Crippen molar-refractivity contribution in [1.29, 1.82) is 0 Å². The van der Waals surface area contributed by atoms with Crippen molar-refractivity contribution >= 4 is 0 Å². The lowest BCUT2D eigenvalue weighted by atomic mass is 9.67. The van der Waals surface area contributed by atoms with Crippen LogP contribution in [0.2, 0.25) is 0 Å². The lowest BCUT2D eigenvalue weighted by molar-refractivity contribution is 0.0162. The number of aliphatic hydroxyl groups is 1. The predicted octanol–water partition coefficient (Wildman–Crippen LogP) is 3.24. The van der Waals surface area contributed by atoms with E-state index in [1.165, 1.54) is 6.07 Å². The minimum atomic E-state index is -0.492. The van der Waals surface area contributed by atoms with Gasteiger partial charge in [-0.25, -0.2) is 8.78 Å². The van der Waals surface area contributed by atoms with E-state index in [4.69, 9.17) is 4.74 Å². The fourth-order valence-electron chi connectivity index (χ4n) is 3.72. The lowest BCUT2D eigenvalue weighted by Gasteiger charge is -2.43. The van der Waals surface area contributed by atoms with Gasteiger partial charge in [-0.3, -0.25) is 0 Å². The SMILES string of the molecule is C[C@H](O)[C@@H]1CCCC2c3c(F)ccc(F)c3OC[C@H]21. The van der Waals surface area contributed by atoms with E-state index in [2.05, 4.69) is 0 Å². The van der Waals surface area contributed by atoms with E-state index < -0.39 is 17.7 Å². The highest BCUT2D eigenvalue weighted by Gasteiger charge is 2.42. The molecule has 0 spiro atoms. The van der Waals surface area contributed by atoms with Crippen molar-refractivity contribution in [3.05, 3.63) is 29.3 Å². The summed E-state index contributed by atoms with van der Waals surface area (Å²) in [4.78, 5) is 0. The Labute approximate surface area is 111 Å². The van der Waals surface area contributed by atoms with E-state index in [9.17, 15) is 13.9 Å². The van der Waals surface area contributed by atoms with Gasteiger partial charge in [0.1, 0.15) is 5.82 Å². The molecule has 104 valence electrons. The van der Waals surface area contributed by atoms with Gasteiger partial charge in [-0.2, -0.15) is 0 Å². The summed E-state index contributed by atoms with van der Waals surface area (Å²) >= 11 is 0. The molecule has 1 aliphatic heterocycles. The molecule has 0 radical (unpaired) electrons. The van der Waals surface area contributed by atoms with Gasteiger partial charge in [0.15, 0.2) is 11.6 Å². The minimum absolute atomic E-state index is 0.0344.